The number of allylic oxidation sites excluding steroid dienone is 18. The lowest BCUT2D eigenvalue weighted by molar-refractivity contribution is -0.161. The van der Waals surface area contributed by atoms with Crippen LogP contribution in [0.1, 0.15) is 399 Å². The van der Waals surface area contributed by atoms with Crippen LogP contribution < -0.4 is 5.73 Å². The van der Waals surface area contributed by atoms with E-state index in [0.717, 1.165) is 89.9 Å². The summed E-state index contributed by atoms with van der Waals surface area (Å²) < 4.78 is 33.3. The molecular weight excluding hydrogens is 1220 g/mol. The largest absolute Gasteiger partial charge is 0.472 e. The van der Waals surface area contributed by atoms with Crippen LogP contribution in [0.5, 0.6) is 0 Å². The van der Waals surface area contributed by atoms with Crippen molar-refractivity contribution in [1.29, 1.82) is 0 Å². The van der Waals surface area contributed by atoms with Crippen molar-refractivity contribution in [2.24, 2.45) is 5.73 Å². The highest BCUT2D eigenvalue weighted by atomic mass is 31.2. The zero-order valence-electron chi connectivity index (χ0n) is 63.6. The molecule has 0 spiro atoms. The maximum Gasteiger partial charge on any atom is 0.472 e. The van der Waals surface area contributed by atoms with Gasteiger partial charge in [-0.25, -0.2) is 4.57 Å². The van der Waals surface area contributed by atoms with E-state index < -0.39 is 26.5 Å². The molecule has 2 atom stereocenters. The second kappa shape index (κ2) is 81.6. The van der Waals surface area contributed by atoms with Crippen molar-refractivity contribution in [2.75, 3.05) is 26.4 Å². The SMILES string of the molecule is CC/C=C\C/C=C\C/C=C\C/C=C\C/C=C\C/C=C\C/C=C\C/C=C\CCCCCCCCCCCCCCCCCCC(=O)OC(COC(=O)CCCCCCCCCCCCCCCCCCCCCCCCC/C=C\CCCCCCCCCC)COP(=O)(O)OCCN. The number of esters is 2. The summed E-state index contributed by atoms with van der Waals surface area (Å²) in [7, 11) is -4.40. The van der Waals surface area contributed by atoms with Crippen molar-refractivity contribution in [3.63, 3.8) is 0 Å². The number of ether oxygens (including phenoxy) is 2. The van der Waals surface area contributed by atoms with E-state index in [9.17, 15) is 19.0 Å². The van der Waals surface area contributed by atoms with E-state index in [2.05, 4.69) is 123 Å². The van der Waals surface area contributed by atoms with Gasteiger partial charge in [0.15, 0.2) is 6.10 Å². The number of unbranched alkanes of at least 4 members (excludes halogenated alkanes) is 47. The van der Waals surface area contributed by atoms with Crippen LogP contribution in [-0.4, -0.2) is 49.3 Å². The van der Waals surface area contributed by atoms with E-state index in [4.69, 9.17) is 24.3 Å². The molecule has 0 saturated heterocycles. The first-order chi connectivity index (χ1) is 47.8. The van der Waals surface area contributed by atoms with Gasteiger partial charge < -0.3 is 20.1 Å². The maximum absolute atomic E-state index is 12.8. The lowest BCUT2D eigenvalue weighted by Gasteiger charge is -2.19. The summed E-state index contributed by atoms with van der Waals surface area (Å²) in [5, 5.41) is 0. The Kier molecular flexibility index (Phi) is 78.8. The highest BCUT2D eigenvalue weighted by Gasteiger charge is 2.26. The van der Waals surface area contributed by atoms with Crippen LogP contribution in [0.4, 0.5) is 0 Å². The molecule has 0 aliphatic carbocycles. The van der Waals surface area contributed by atoms with Crippen LogP contribution in [0.25, 0.3) is 0 Å². The molecule has 3 N–H and O–H groups in total. The first-order valence-corrected chi connectivity index (χ1v) is 42.9. The summed E-state index contributed by atoms with van der Waals surface area (Å²) in [6, 6.07) is 0. The minimum Gasteiger partial charge on any atom is -0.462 e. The van der Waals surface area contributed by atoms with Crippen LogP contribution in [0.3, 0.4) is 0 Å². The summed E-state index contributed by atoms with van der Waals surface area (Å²) in [6.07, 6.45) is 114. The van der Waals surface area contributed by atoms with Crippen molar-refractivity contribution in [3.05, 3.63) is 109 Å². The zero-order chi connectivity index (χ0) is 70.0. The fraction of sp³-hybridized carbons (Fsp3) is 0.770. The van der Waals surface area contributed by atoms with Gasteiger partial charge in [-0.2, -0.15) is 0 Å². The van der Waals surface area contributed by atoms with Crippen LogP contribution in [0.15, 0.2) is 109 Å². The molecule has 0 rings (SSSR count). The highest BCUT2D eigenvalue weighted by Crippen LogP contribution is 2.43. The topological polar surface area (TPSA) is 134 Å². The Morgan fingerprint density at radius 1 is 0.320 bits per heavy atom. The molecule has 562 valence electrons. The third-order valence-electron chi connectivity index (χ3n) is 18.1. The fourth-order valence-electron chi connectivity index (χ4n) is 12.1. The molecule has 0 aromatic rings. The van der Waals surface area contributed by atoms with Gasteiger partial charge in [0.1, 0.15) is 6.61 Å². The van der Waals surface area contributed by atoms with Crippen molar-refractivity contribution in [2.45, 2.75) is 405 Å². The van der Waals surface area contributed by atoms with Gasteiger partial charge in [0, 0.05) is 19.4 Å². The van der Waals surface area contributed by atoms with Crippen molar-refractivity contribution in [1.82, 2.24) is 0 Å². The van der Waals surface area contributed by atoms with Crippen LogP contribution in [0.2, 0.25) is 0 Å². The highest BCUT2D eigenvalue weighted by molar-refractivity contribution is 7.47. The van der Waals surface area contributed by atoms with Crippen LogP contribution in [0, 0.1) is 0 Å². The molecular formula is C87H156NO8P. The molecule has 9 nitrogen and oxygen atoms in total. The maximum atomic E-state index is 12.8. The predicted molar refractivity (Wildman–Crippen MR) is 422 cm³/mol. The van der Waals surface area contributed by atoms with E-state index in [-0.39, 0.29) is 38.6 Å². The molecule has 0 aliphatic heterocycles. The second-order valence-electron chi connectivity index (χ2n) is 27.6. The Hall–Kier alpha value is -3.33. The Labute approximate surface area is 600 Å². The molecule has 0 aromatic carbocycles. The Morgan fingerprint density at radius 2 is 0.567 bits per heavy atom. The van der Waals surface area contributed by atoms with Crippen molar-refractivity contribution >= 4 is 19.8 Å². The molecule has 0 heterocycles. The number of hydrogen-bond donors (Lipinski definition) is 2. The summed E-state index contributed by atoms with van der Waals surface area (Å²) in [5.74, 6) is -0.811. The van der Waals surface area contributed by atoms with E-state index in [1.54, 1.807) is 0 Å². The van der Waals surface area contributed by atoms with Gasteiger partial charge in [-0.3, -0.25) is 18.6 Å². The molecule has 0 aliphatic rings. The van der Waals surface area contributed by atoms with E-state index in [0.29, 0.717) is 6.42 Å². The van der Waals surface area contributed by atoms with Crippen molar-refractivity contribution < 1.29 is 37.6 Å². The normalized spacial score (nSPS) is 13.4. The quantitative estimate of drug-likeness (QED) is 0.0264. The third kappa shape index (κ3) is 81.5. The van der Waals surface area contributed by atoms with Crippen LogP contribution >= 0.6 is 7.82 Å². The van der Waals surface area contributed by atoms with Gasteiger partial charge >= 0.3 is 19.8 Å². The van der Waals surface area contributed by atoms with Gasteiger partial charge in [0.2, 0.25) is 0 Å². The standard InChI is InChI=1S/C87H156NO8P/c1-3-5-7-9-11-13-15-17-19-21-23-25-27-29-31-33-35-37-39-40-41-42-43-44-46-48-50-52-54-56-58-60-62-64-66-68-70-72-74-76-78-80-87(90)96-85(84-95-97(91,92)94-82-81-88)83-93-86(89)79-77-75-73-71-69-67-65-63-61-59-57-55-53-51-49-47-45-38-36-34-32-30-28-26-24-22-20-18-16-14-12-10-8-6-4-2/h5,7,11,13,17,19,22-25,29,31,35,37,40-41,43-44,85H,3-4,6,8-10,12,14-16,18,20-21,26-28,30,32-34,36,38-39,42,45-84,88H2,1-2H3,(H,91,92)/b7-5-,13-11-,19-17-,24-22-,25-23-,31-29-,37-35-,41-40-,44-43-. The zero-order valence-corrected chi connectivity index (χ0v) is 64.4. The summed E-state index contributed by atoms with van der Waals surface area (Å²) >= 11 is 0. The van der Waals surface area contributed by atoms with Gasteiger partial charge in [-0.15, -0.1) is 0 Å². The van der Waals surface area contributed by atoms with Crippen LogP contribution in [-0.2, 0) is 32.7 Å². The molecule has 0 bridgehead atoms. The number of carbonyl (C=O) groups is 2. The van der Waals surface area contributed by atoms with E-state index >= 15 is 0 Å². The lowest BCUT2D eigenvalue weighted by atomic mass is 10.0. The number of nitrogens with two attached hydrogens (primary N) is 1. The molecule has 0 radical (unpaired) electrons. The number of carbonyl (C=O) groups excluding carboxylic acids is 2. The molecule has 0 fully saturated rings. The van der Waals surface area contributed by atoms with Crippen molar-refractivity contribution in [3.8, 4) is 0 Å². The Bertz CT molecular complexity index is 1970. The fourth-order valence-corrected chi connectivity index (χ4v) is 12.8. The van der Waals surface area contributed by atoms with Gasteiger partial charge in [-0.1, -0.05) is 393 Å². The Morgan fingerprint density at radius 3 is 0.856 bits per heavy atom. The number of hydrogen-bond acceptors (Lipinski definition) is 8. The smallest absolute Gasteiger partial charge is 0.462 e. The number of phosphoric ester groups is 1. The average Bonchev–Trinajstić information content (AvgIpc) is 2.57. The number of phosphoric acid groups is 1. The first-order valence-electron chi connectivity index (χ1n) is 41.4. The molecule has 0 amide bonds. The van der Waals surface area contributed by atoms with Gasteiger partial charge in [0.25, 0.3) is 0 Å². The van der Waals surface area contributed by atoms with Gasteiger partial charge in [-0.05, 0) is 103 Å². The van der Waals surface area contributed by atoms with Gasteiger partial charge in [0.05, 0.1) is 13.2 Å². The van der Waals surface area contributed by atoms with E-state index in [1.807, 2.05) is 0 Å². The monoisotopic (exact) mass is 1370 g/mol. The third-order valence-corrected chi connectivity index (χ3v) is 19.1. The number of rotatable bonds is 78. The second-order valence-corrected chi connectivity index (χ2v) is 29.1. The summed E-state index contributed by atoms with van der Waals surface area (Å²) in [6.45, 7) is 3.69. The molecule has 0 aromatic heterocycles. The van der Waals surface area contributed by atoms with E-state index in [1.165, 1.54) is 276 Å². The molecule has 0 saturated carbocycles. The molecule has 2 unspecified atom stereocenters. The Balaban J connectivity index is 3.79. The molecule has 97 heavy (non-hydrogen) atoms. The first kappa shape index (κ1) is 93.7. The predicted octanol–water partition coefficient (Wildman–Crippen LogP) is 28.0. The minimum atomic E-state index is -4.40. The summed E-state index contributed by atoms with van der Waals surface area (Å²) in [5.41, 5.74) is 5.42. The average molecular weight is 1380 g/mol. The minimum absolute atomic E-state index is 0.0525. The summed E-state index contributed by atoms with van der Waals surface area (Å²) in [4.78, 5) is 35.5. The molecule has 10 heteroatoms. The lowest BCUT2D eigenvalue weighted by Crippen LogP contribution is -2.29.